The van der Waals surface area contributed by atoms with Crippen LogP contribution in [0.4, 0.5) is 0 Å². The average Bonchev–Trinajstić information content (AvgIpc) is 2.12. The highest BCUT2D eigenvalue weighted by molar-refractivity contribution is 7.84. The third-order valence-electron chi connectivity index (χ3n) is 1.13. The van der Waals surface area contributed by atoms with Gasteiger partial charge >= 0.3 is 0 Å². The molecule has 0 radical (unpaired) electrons. The SMILES string of the molecule is C=C(S)C1=C=CC=CC=C1. The van der Waals surface area contributed by atoms with Gasteiger partial charge in [-0.1, -0.05) is 24.8 Å². The largest absolute Gasteiger partial charge is 0.143 e. The van der Waals surface area contributed by atoms with Crippen LogP contribution in [0.1, 0.15) is 0 Å². The van der Waals surface area contributed by atoms with Crippen molar-refractivity contribution in [3.8, 4) is 0 Å². The van der Waals surface area contributed by atoms with E-state index in [9.17, 15) is 0 Å². The van der Waals surface area contributed by atoms with Gasteiger partial charge in [-0.25, -0.2) is 0 Å². The molecule has 0 saturated carbocycles. The lowest BCUT2D eigenvalue weighted by molar-refractivity contribution is 1.72. The summed E-state index contributed by atoms with van der Waals surface area (Å²) in [4.78, 5) is 0.746. The predicted octanol–water partition coefficient (Wildman–Crippen LogP) is 2.64. The van der Waals surface area contributed by atoms with Crippen molar-refractivity contribution >= 4 is 12.6 Å². The molecule has 0 heterocycles. The van der Waals surface area contributed by atoms with Crippen molar-refractivity contribution in [3.63, 3.8) is 0 Å². The van der Waals surface area contributed by atoms with Crippen LogP contribution in [0.15, 0.2) is 53.2 Å². The summed E-state index contributed by atoms with van der Waals surface area (Å²) in [6.45, 7) is 3.69. The van der Waals surface area contributed by atoms with E-state index in [2.05, 4.69) is 24.9 Å². The van der Waals surface area contributed by atoms with Gasteiger partial charge in [-0.3, -0.25) is 0 Å². The molecule has 0 saturated heterocycles. The Bertz CT molecular complexity index is 260. The molecule has 0 nitrogen and oxygen atoms in total. The second-order valence-corrected chi connectivity index (χ2v) is 2.46. The Hall–Kier alpha value is -0.910. The third kappa shape index (κ3) is 1.80. The van der Waals surface area contributed by atoms with E-state index < -0.39 is 0 Å². The molecular weight excluding hydrogens is 140 g/mol. The summed E-state index contributed by atoms with van der Waals surface area (Å²) in [6, 6.07) is 0. The summed E-state index contributed by atoms with van der Waals surface area (Å²) in [5, 5.41) is 0. The molecule has 50 valence electrons. The lowest BCUT2D eigenvalue weighted by atomic mass is 10.2. The molecule has 10 heavy (non-hydrogen) atoms. The molecule has 1 aliphatic rings. The van der Waals surface area contributed by atoms with Gasteiger partial charge in [0, 0.05) is 10.5 Å². The van der Waals surface area contributed by atoms with E-state index in [1.54, 1.807) is 0 Å². The van der Waals surface area contributed by atoms with E-state index in [4.69, 9.17) is 0 Å². The third-order valence-corrected chi connectivity index (χ3v) is 1.37. The Morgan fingerprint density at radius 1 is 1.40 bits per heavy atom. The van der Waals surface area contributed by atoms with Crippen LogP contribution >= 0.6 is 12.6 Å². The number of allylic oxidation sites excluding steroid dienone is 5. The van der Waals surface area contributed by atoms with Crippen molar-refractivity contribution in [2.24, 2.45) is 0 Å². The normalized spacial score (nSPS) is 14.7. The zero-order chi connectivity index (χ0) is 7.40. The Morgan fingerprint density at radius 3 is 2.90 bits per heavy atom. The first kappa shape index (κ1) is 7.20. The Balaban J connectivity index is 2.98. The lowest BCUT2D eigenvalue weighted by Gasteiger charge is -1.90. The van der Waals surface area contributed by atoms with Crippen molar-refractivity contribution < 1.29 is 0 Å². The summed E-state index contributed by atoms with van der Waals surface area (Å²) >= 11 is 4.10. The Labute approximate surface area is 66.4 Å². The maximum atomic E-state index is 4.10. The van der Waals surface area contributed by atoms with Crippen LogP contribution in [-0.2, 0) is 0 Å². The van der Waals surface area contributed by atoms with Gasteiger partial charge in [-0.05, 0) is 12.2 Å². The first-order valence-corrected chi connectivity index (χ1v) is 3.44. The van der Waals surface area contributed by atoms with E-state index in [0.29, 0.717) is 0 Å². The highest BCUT2D eigenvalue weighted by atomic mass is 32.1. The fourth-order valence-corrected chi connectivity index (χ4v) is 0.776. The highest BCUT2D eigenvalue weighted by Gasteiger charge is 1.90. The average molecular weight is 148 g/mol. The first-order chi connectivity index (χ1) is 4.80. The van der Waals surface area contributed by atoms with Crippen LogP contribution in [0.25, 0.3) is 0 Å². The topological polar surface area (TPSA) is 0 Å². The van der Waals surface area contributed by atoms with E-state index in [-0.39, 0.29) is 0 Å². The van der Waals surface area contributed by atoms with Crippen LogP contribution in [0, 0.1) is 0 Å². The fraction of sp³-hybridized carbons (Fsp3) is 0. The Morgan fingerprint density at radius 2 is 2.20 bits per heavy atom. The van der Waals surface area contributed by atoms with Crippen molar-refractivity contribution in [2.45, 2.75) is 0 Å². The van der Waals surface area contributed by atoms with E-state index in [0.717, 1.165) is 10.5 Å². The smallest absolute Gasteiger partial charge is 0.0292 e. The molecule has 1 rings (SSSR count). The van der Waals surface area contributed by atoms with Gasteiger partial charge in [0.15, 0.2) is 0 Å². The second kappa shape index (κ2) is 3.31. The summed E-state index contributed by atoms with van der Waals surface area (Å²) in [7, 11) is 0. The zero-order valence-electron chi connectivity index (χ0n) is 5.54. The van der Waals surface area contributed by atoms with Crippen LogP contribution in [-0.4, -0.2) is 0 Å². The van der Waals surface area contributed by atoms with Gasteiger partial charge in [-0.2, -0.15) is 0 Å². The quantitative estimate of drug-likeness (QED) is 0.429. The maximum absolute atomic E-state index is 4.10. The van der Waals surface area contributed by atoms with Crippen LogP contribution in [0.3, 0.4) is 0 Å². The summed E-state index contributed by atoms with van der Waals surface area (Å²) in [5.74, 6) is 0. The van der Waals surface area contributed by atoms with Gasteiger partial charge < -0.3 is 0 Å². The zero-order valence-corrected chi connectivity index (χ0v) is 6.44. The van der Waals surface area contributed by atoms with Gasteiger partial charge in [0.25, 0.3) is 0 Å². The molecule has 0 atom stereocenters. The molecule has 0 bridgehead atoms. The van der Waals surface area contributed by atoms with Crippen molar-refractivity contribution in [3.05, 3.63) is 53.2 Å². The summed E-state index contributed by atoms with van der Waals surface area (Å²) in [5.41, 5.74) is 3.96. The molecule has 0 aromatic rings. The van der Waals surface area contributed by atoms with E-state index in [1.807, 2.05) is 30.4 Å². The fourth-order valence-electron chi connectivity index (χ4n) is 0.637. The molecular formula is C9H8S. The van der Waals surface area contributed by atoms with Gasteiger partial charge in [-0.15, -0.1) is 18.4 Å². The summed E-state index contributed by atoms with van der Waals surface area (Å²) < 4.78 is 0. The minimum atomic E-state index is 0.746. The lowest BCUT2D eigenvalue weighted by Crippen LogP contribution is -1.70. The number of hydrogen-bond acceptors (Lipinski definition) is 1. The number of hydrogen-bond donors (Lipinski definition) is 1. The molecule has 1 heteroatoms. The van der Waals surface area contributed by atoms with Crippen molar-refractivity contribution in [1.82, 2.24) is 0 Å². The summed E-state index contributed by atoms with van der Waals surface area (Å²) in [6.07, 6.45) is 9.57. The minimum absolute atomic E-state index is 0.746. The van der Waals surface area contributed by atoms with E-state index >= 15 is 0 Å². The Kier molecular flexibility index (Phi) is 2.38. The van der Waals surface area contributed by atoms with Gasteiger partial charge in [0.1, 0.15) is 0 Å². The molecule has 0 unspecified atom stereocenters. The maximum Gasteiger partial charge on any atom is 0.0292 e. The molecule has 0 aromatic carbocycles. The highest BCUT2D eigenvalue weighted by Crippen LogP contribution is 2.12. The monoisotopic (exact) mass is 148 g/mol. The first-order valence-electron chi connectivity index (χ1n) is 2.99. The number of thiol groups is 1. The van der Waals surface area contributed by atoms with Gasteiger partial charge in [0.2, 0.25) is 0 Å². The van der Waals surface area contributed by atoms with Crippen LogP contribution < -0.4 is 0 Å². The predicted molar refractivity (Wildman–Crippen MR) is 48.0 cm³/mol. The molecule has 0 fully saturated rings. The van der Waals surface area contributed by atoms with Gasteiger partial charge in [0.05, 0.1) is 0 Å². The minimum Gasteiger partial charge on any atom is -0.143 e. The molecule has 0 amide bonds. The molecule has 0 aromatic heterocycles. The van der Waals surface area contributed by atoms with Crippen LogP contribution in [0.2, 0.25) is 0 Å². The molecule has 1 aliphatic carbocycles. The number of rotatable bonds is 1. The molecule has 0 spiro atoms. The molecule has 0 aliphatic heterocycles. The standard InChI is InChI=1S/C9H8S/c1-8(10)9-6-4-2-3-5-7-9/h2-6,10H,1H2. The molecule has 0 N–H and O–H groups in total. The van der Waals surface area contributed by atoms with E-state index in [1.165, 1.54) is 0 Å². The van der Waals surface area contributed by atoms with Crippen molar-refractivity contribution in [1.29, 1.82) is 0 Å². The van der Waals surface area contributed by atoms with Crippen molar-refractivity contribution in [2.75, 3.05) is 0 Å². The van der Waals surface area contributed by atoms with Crippen LogP contribution in [0.5, 0.6) is 0 Å². The second-order valence-electron chi connectivity index (χ2n) is 1.92.